The number of rotatable bonds is 41. The van der Waals surface area contributed by atoms with Gasteiger partial charge in [-0.25, -0.2) is 0 Å². The van der Waals surface area contributed by atoms with Crippen molar-refractivity contribution in [3.05, 3.63) is 24.3 Å². The minimum absolute atomic E-state index is 0.142. The molecule has 0 aromatic carbocycles. The molecule has 0 aromatic rings. The van der Waals surface area contributed by atoms with Gasteiger partial charge in [0.05, 0.1) is 0 Å². The first kappa shape index (κ1) is 48.6. The Labute approximate surface area is 311 Å². The molecule has 0 aromatic heterocycles. The van der Waals surface area contributed by atoms with E-state index in [-0.39, 0.29) is 5.97 Å². The third-order valence-electron chi connectivity index (χ3n) is 9.70. The quantitative estimate of drug-likeness (QED) is 0.0274. The molecule has 0 saturated heterocycles. The summed E-state index contributed by atoms with van der Waals surface area (Å²) in [6.45, 7) is 7.71. The van der Waals surface area contributed by atoms with Crippen LogP contribution in [0, 0.1) is 0 Å². The minimum atomic E-state index is -0.142. The van der Waals surface area contributed by atoms with Gasteiger partial charge >= 0.3 is 190 Å². The number of hydrogen-bond donors (Lipinski definition) is 0. The predicted molar refractivity (Wildman–Crippen MR) is 216 cm³/mol. The van der Waals surface area contributed by atoms with Crippen LogP contribution in [0.4, 0.5) is 0 Å². The van der Waals surface area contributed by atoms with Crippen LogP contribution < -0.4 is 0 Å². The number of hydrogen-bond acceptors (Lipinski definition) is 6. The van der Waals surface area contributed by atoms with Crippen LogP contribution in [0.5, 0.6) is 0 Å². The number of ether oxygens (including phenoxy) is 1. The molecule has 0 aliphatic rings. The van der Waals surface area contributed by atoms with Gasteiger partial charge in [-0.2, -0.15) is 0 Å². The van der Waals surface area contributed by atoms with Crippen LogP contribution in [-0.2, 0) is 18.9 Å². The van der Waals surface area contributed by atoms with Crippen molar-refractivity contribution in [1.29, 1.82) is 0 Å². The fourth-order valence-corrected chi connectivity index (χ4v) is 6.37. The Morgan fingerprint density at radius 2 is 0.820 bits per heavy atom. The summed E-state index contributed by atoms with van der Waals surface area (Å²) in [5.74, 6) is -0.142. The molecule has 0 aliphatic carbocycles. The Morgan fingerprint density at radius 3 is 1.24 bits per heavy atom. The van der Waals surface area contributed by atoms with Gasteiger partial charge in [0.1, 0.15) is 0 Å². The van der Waals surface area contributed by atoms with Gasteiger partial charge in [0.25, 0.3) is 0 Å². The molecule has 0 bridgehead atoms. The van der Waals surface area contributed by atoms with E-state index in [9.17, 15) is 14.2 Å². The van der Waals surface area contributed by atoms with Crippen LogP contribution in [-0.4, -0.2) is 75.7 Å². The second kappa shape index (κ2) is 42.0. The molecule has 0 spiro atoms. The van der Waals surface area contributed by atoms with E-state index in [1.54, 1.807) is 0 Å². The molecule has 0 radical (unpaired) electrons. The molecular weight excluding hydrogens is 618 g/mol. The monoisotopic (exact) mass is 699 g/mol. The number of unbranched alkanes of at least 4 members (excludes halogenated alkanes) is 23. The Kier molecular flexibility index (Phi) is 40.8. The fraction of sp³-hybridized carbons (Fsp3) is 0.881. The van der Waals surface area contributed by atoms with Gasteiger partial charge in [-0.15, -0.1) is 0 Å². The maximum absolute atomic E-state index is 12.2. The standard InChI is InChI=1S/C42H80B2N2O4/c1-3-5-7-9-11-13-15-17-19-21-23-25-27-29-31-33-35-45(40-43-48)36-37-46(41-44-49)38-39-50-42(47)34-32-30-28-26-24-22-20-18-16-14-12-10-8-6-4-2/h17-20H,3-16,21-41H2,1-2H3/b19-17-,20-18-. The Morgan fingerprint density at radius 1 is 0.460 bits per heavy atom. The van der Waals surface area contributed by atoms with Gasteiger partial charge in [0.15, 0.2) is 0 Å². The van der Waals surface area contributed by atoms with Crippen LogP contribution in [0.3, 0.4) is 0 Å². The first-order chi connectivity index (χ1) is 24.7. The smallest absolute Gasteiger partial charge is 0.0885 e. The molecule has 6 nitrogen and oxygen atoms in total. The molecule has 0 unspecified atom stereocenters. The predicted octanol–water partition coefficient (Wildman–Crippen LogP) is 11.2. The normalized spacial score (nSPS) is 11.7. The molecule has 0 saturated carbocycles. The summed E-state index contributed by atoms with van der Waals surface area (Å²) in [5.41, 5.74) is 0. The zero-order valence-corrected chi connectivity index (χ0v) is 33.2. The van der Waals surface area contributed by atoms with E-state index in [2.05, 4.69) is 43.1 Å². The van der Waals surface area contributed by atoms with Crippen molar-refractivity contribution in [2.75, 3.05) is 45.7 Å². The minimum Gasteiger partial charge on any atom is -0.0885 e. The second-order valence-electron chi connectivity index (χ2n) is 14.4. The van der Waals surface area contributed by atoms with Crippen LogP contribution in [0.25, 0.3) is 0 Å². The topological polar surface area (TPSA) is 66.9 Å². The van der Waals surface area contributed by atoms with Crippen LogP contribution in [0.1, 0.15) is 194 Å². The number of esters is 1. The van der Waals surface area contributed by atoms with Crippen LogP contribution >= 0.6 is 0 Å². The third-order valence-corrected chi connectivity index (χ3v) is 9.70. The van der Waals surface area contributed by atoms with Crippen molar-refractivity contribution in [1.82, 2.24) is 9.80 Å². The zero-order chi connectivity index (χ0) is 36.4. The number of allylic oxidation sites excluding steroid dienone is 4. The van der Waals surface area contributed by atoms with Gasteiger partial charge in [0.2, 0.25) is 0 Å². The number of nitrogens with zero attached hydrogens (tertiary/aromatic N) is 2. The molecule has 0 N–H and O–H groups in total. The van der Waals surface area contributed by atoms with Crippen molar-refractivity contribution in [3.8, 4) is 0 Å². The summed E-state index contributed by atoms with van der Waals surface area (Å²) < 4.78 is 28.0. The van der Waals surface area contributed by atoms with Gasteiger partial charge in [-0.1, -0.05) is 90.2 Å². The Balaban J connectivity index is 3.83. The molecule has 0 rings (SSSR count). The number of carbonyl (C=O) groups is 1. The van der Waals surface area contributed by atoms with Crippen molar-refractivity contribution < 1.29 is 18.9 Å². The van der Waals surface area contributed by atoms with Crippen LogP contribution in [0.2, 0.25) is 0 Å². The van der Waals surface area contributed by atoms with Gasteiger partial charge in [-0.3, -0.25) is 0 Å². The summed E-state index contributed by atoms with van der Waals surface area (Å²) in [6.07, 6.45) is 44.8. The van der Waals surface area contributed by atoms with E-state index >= 15 is 0 Å². The average molecular weight is 699 g/mol. The molecule has 50 heavy (non-hydrogen) atoms. The summed E-state index contributed by atoms with van der Waals surface area (Å²) >= 11 is 0. The first-order valence-corrected chi connectivity index (χ1v) is 21.4. The molecule has 0 amide bonds. The van der Waals surface area contributed by atoms with Crippen molar-refractivity contribution >= 4 is 20.3 Å². The molecule has 0 aliphatic heterocycles. The molecule has 0 fully saturated rings. The first-order valence-electron chi connectivity index (χ1n) is 21.4. The van der Waals surface area contributed by atoms with E-state index in [1.807, 2.05) is 4.90 Å². The summed E-state index contributed by atoms with van der Waals surface area (Å²) in [5, 5.41) is 0. The van der Waals surface area contributed by atoms with Gasteiger partial charge in [0, 0.05) is 0 Å². The molecular formula is C42H80B2N2O4. The van der Waals surface area contributed by atoms with Crippen molar-refractivity contribution in [3.63, 3.8) is 0 Å². The second-order valence-corrected chi connectivity index (χ2v) is 14.4. The van der Waals surface area contributed by atoms with E-state index < -0.39 is 0 Å². The Hall–Kier alpha value is -1.40. The molecule has 0 atom stereocenters. The number of carbonyl (C=O) groups excluding carboxylic acids is 1. The Bertz CT molecular complexity index is 796. The van der Waals surface area contributed by atoms with Crippen molar-refractivity contribution in [2.24, 2.45) is 0 Å². The summed E-state index contributed by atoms with van der Waals surface area (Å²) in [4.78, 5) is 16.4. The van der Waals surface area contributed by atoms with Gasteiger partial charge in [-0.05, 0) is 32.1 Å². The third kappa shape index (κ3) is 37.8. The van der Waals surface area contributed by atoms with Crippen LogP contribution in [0.15, 0.2) is 24.3 Å². The molecule has 288 valence electrons. The van der Waals surface area contributed by atoms with Gasteiger partial charge < -0.3 is 0 Å². The molecule has 0 heterocycles. The fourth-order valence-electron chi connectivity index (χ4n) is 6.37. The van der Waals surface area contributed by atoms with E-state index in [0.717, 1.165) is 46.7 Å². The van der Waals surface area contributed by atoms with E-state index in [0.29, 0.717) is 39.0 Å². The van der Waals surface area contributed by atoms with Crippen molar-refractivity contribution in [2.45, 2.75) is 194 Å². The maximum atomic E-state index is 12.2. The summed E-state index contributed by atoms with van der Waals surface area (Å²) in [7, 11) is 1.88. The average Bonchev–Trinajstić information content (AvgIpc) is 3.11. The van der Waals surface area contributed by atoms with E-state index in [4.69, 9.17) is 4.74 Å². The molecule has 8 heteroatoms. The summed E-state index contributed by atoms with van der Waals surface area (Å²) in [6, 6.07) is 0. The SMILES string of the molecule is CCCCCCCC/C=C\CCCCCCCCN(CB=O)CCN(CB=O)CCOC(=O)CCCCCCC/C=C\CCCCCCCC. The van der Waals surface area contributed by atoms with E-state index in [1.165, 1.54) is 154 Å². The zero-order valence-electron chi connectivity index (χ0n) is 33.2.